The second-order valence-electron chi connectivity index (χ2n) is 4.60. The van der Waals surface area contributed by atoms with Crippen LogP contribution in [0.3, 0.4) is 0 Å². The van der Waals surface area contributed by atoms with E-state index in [-0.39, 0.29) is 5.91 Å². The lowest BCUT2D eigenvalue weighted by atomic mass is 10.3. The van der Waals surface area contributed by atoms with Gasteiger partial charge in [0.2, 0.25) is 0 Å². The first-order valence-corrected chi connectivity index (χ1v) is 8.72. The molecule has 6 heteroatoms. The average molecular weight is 357 g/mol. The van der Waals surface area contributed by atoms with E-state index in [2.05, 4.69) is 26.2 Å². The number of thiophene rings is 1. The normalized spacial score (nSPS) is 24.6. The fraction of sp³-hybridized carbons (Fsp3) is 0.385. The van der Waals surface area contributed by atoms with Crippen LogP contribution in [0.2, 0.25) is 0 Å². The van der Waals surface area contributed by atoms with Gasteiger partial charge < -0.3 is 5.32 Å². The molecule has 2 heterocycles. The first kappa shape index (κ1) is 13.4. The van der Waals surface area contributed by atoms with Crippen LogP contribution in [0.25, 0.3) is 6.08 Å². The van der Waals surface area contributed by atoms with E-state index in [0.29, 0.717) is 6.04 Å². The van der Waals surface area contributed by atoms with E-state index in [1.165, 1.54) is 24.6 Å². The third-order valence-electron chi connectivity index (χ3n) is 3.14. The van der Waals surface area contributed by atoms with Gasteiger partial charge in [-0.25, -0.2) is 0 Å². The maximum Gasteiger partial charge on any atom is 0.264 e. The predicted octanol–water partition coefficient (Wildman–Crippen LogP) is 4.01. The molecule has 2 aliphatic rings. The molecule has 3 nitrogen and oxygen atoms in total. The largest absolute Gasteiger partial charge is 0.301 e. The average Bonchev–Trinajstić information content (AvgIpc) is 3.06. The molecule has 100 valence electrons. The van der Waals surface area contributed by atoms with Crippen LogP contribution in [0.15, 0.2) is 25.8 Å². The molecule has 0 radical (unpaired) electrons. The minimum atomic E-state index is -0.0359. The van der Waals surface area contributed by atoms with E-state index in [1.807, 2.05) is 17.5 Å². The van der Waals surface area contributed by atoms with E-state index >= 15 is 0 Å². The number of rotatable bonds is 2. The second-order valence-corrected chi connectivity index (χ2v) is 7.49. The van der Waals surface area contributed by atoms with Crippen molar-refractivity contribution in [2.45, 2.75) is 31.7 Å². The van der Waals surface area contributed by atoms with Crippen LogP contribution < -0.4 is 5.32 Å². The third kappa shape index (κ3) is 3.30. The van der Waals surface area contributed by atoms with E-state index in [4.69, 9.17) is 0 Å². The lowest BCUT2D eigenvalue weighted by Gasteiger charge is -2.02. The Kier molecular flexibility index (Phi) is 4.10. The van der Waals surface area contributed by atoms with Crippen LogP contribution in [-0.2, 0) is 4.79 Å². The van der Waals surface area contributed by atoms with Crippen LogP contribution in [0.5, 0.6) is 0 Å². The predicted molar refractivity (Wildman–Crippen MR) is 85.4 cm³/mol. The number of thioether (sulfide) groups is 1. The topological polar surface area (TPSA) is 41.5 Å². The zero-order valence-electron chi connectivity index (χ0n) is 10.2. The maximum atomic E-state index is 11.9. The van der Waals surface area contributed by atoms with Gasteiger partial charge in [0.15, 0.2) is 5.17 Å². The van der Waals surface area contributed by atoms with Gasteiger partial charge >= 0.3 is 0 Å². The Labute approximate surface area is 128 Å². The van der Waals surface area contributed by atoms with Gasteiger partial charge in [-0.3, -0.25) is 9.79 Å². The lowest BCUT2D eigenvalue weighted by Crippen LogP contribution is -2.21. The molecule has 0 bridgehead atoms. The Morgan fingerprint density at radius 3 is 2.89 bits per heavy atom. The molecule has 1 aromatic rings. The van der Waals surface area contributed by atoms with Crippen LogP contribution in [0.4, 0.5) is 0 Å². The van der Waals surface area contributed by atoms with Crippen molar-refractivity contribution in [1.29, 1.82) is 0 Å². The standard InChI is InChI=1S/C13H13BrN2OS2/c14-8-5-10(18-7-8)6-11-12(17)16-13(19-11)15-9-3-1-2-4-9/h5-7,9H,1-4H2,(H,15,16,17)/b11-6+. The SMILES string of the molecule is O=C1NC(=NC2CCCC2)S/C1=C/c1cc(Br)cs1. The Morgan fingerprint density at radius 2 is 2.21 bits per heavy atom. The van der Waals surface area contributed by atoms with Crippen molar-refractivity contribution in [1.82, 2.24) is 5.32 Å². The summed E-state index contributed by atoms with van der Waals surface area (Å²) in [5.41, 5.74) is 0. The minimum absolute atomic E-state index is 0.0359. The molecule has 0 unspecified atom stereocenters. The molecule has 1 aliphatic carbocycles. The zero-order chi connectivity index (χ0) is 13.2. The van der Waals surface area contributed by atoms with Gasteiger partial charge in [-0.1, -0.05) is 12.8 Å². The van der Waals surface area contributed by atoms with Crippen LogP contribution in [0.1, 0.15) is 30.6 Å². The molecule has 1 N–H and O–H groups in total. The highest BCUT2D eigenvalue weighted by Crippen LogP contribution is 2.30. The van der Waals surface area contributed by atoms with Crippen LogP contribution in [-0.4, -0.2) is 17.1 Å². The maximum absolute atomic E-state index is 11.9. The molecule has 1 aromatic heterocycles. The molecule has 0 atom stereocenters. The number of halogens is 1. The summed E-state index contributed by atoms with van der Waals surface area (Å²) in [6, 6.07) is 2.41. The quantitative estimate of drug-likeness (QED) is 0.813. The van der Waals surface area contributed by atoms with E-state index in [0.717, 1.165) is 32.3 Å². The van der Waals surface area contributed by atoms with Crippen molar-refractivity contribution < 1.29 is 4.79 Å². The summed E-state index contributed by atoms with van der Waals surface area (Å²) in [6.07, 6.45) is 6.73. The second kappa shape index (κ2) is 5.81. The fourth-order valence-electron chi connectivity index (χ4n) is 2.22. The minimum Gasteiger partial charge on any atom is -0.301 e. The Hall–Kier alpha value is -0.590. The smallest absolute Gasteiger partial charge is 0.264 e. The van der Waals surface area contributed by atoms with E-state index in [1.54, 1.807) is 11.3 Å². The van der Waals surface area contributed by atoms with Crippen molar-refractivity contribution in [3.05, 3.63) is 25.7 Å². The summed E-state index contributed by atoms with van der Waals surface area (Å²) in [5.74, 6) is -0.0359. The summed E-state index contributed by atoms with van der Waals surface area (Å²) in [5, 5.41) is 5.63. The van der Waals surface area contributed by atoms with Crippen molar-refractivity contribution in [3.63, 3.8) is 0 Å². The number of carbonyl (C=O) groups is 1. The number of amidine groups is 1. The first-order valence-electron chi connectivity index (χ1n) is 6.23. The monoisotopic (exact) mass is 356 g/mol. The van der Waals surface area contributed by atoms with Gasteiger partial charge in [0.1, 0.15) is 0 Å². The summed E-state index contributed by atoms with van der Waals surface area (Å²) in [4.78, 5) is 18.3. The molecule has 0 aromatic carbocycles. The highest BCUT2D eigenvalue weighted by molar-refractivity contribution is 9.10. The molecule has 3 rings (SSSR count). The van der Waals surface area contributed by atoms with Gasteiger partial charge in [-0.15, -0.1) is 11.3 Å². The number of aliphatic imine (C=N–C) groups is 1. The van der Waals surface area contributed by atoms with Crippen molar-refractivity contribution in [3.8, 4) is 0 Å². The molecule has 1 saturated heterocycles. The summed E-state index contributed by atoms with van der Waals surface area (Å²) >= 11 is 6.48. The molecule has 1 saturated carbocycles. The number of nitrogens with zero attached hydrogens (tertiary/aromatic N) is 1. The van der Waals surface area contributed by atoms with Crippen LogP contribution >= 0.6 is 39.0 Å². The molecular weight excluding hydrogens is 344 g/mol. The van der Waals surface area contributed by atoms with Crippen molar-refractivity contribution >= 4 is 56.2 Å². The van der Waals surface area contributed by atoms with Gasteiger partial charge in [-0.2, -0.15) is 0 Å². The highest BCUT2D eigenvalue weighted by atomic mass is 79.9. The van der Waals surface area contributed by atoms with Gasteiger partial charge in [0.05, 0.1) is 10.9 Å². The van der Waals surface area contributed by atoms with Gasteiger partial charge in [0.25, 0.3) is 5.91 Å². The molecular formula is C13H13BrN2OS2. The number of nitrogens with one attached hydrogen (secondary N) is 1. The third-order valence-corrected chi connectivity index (χ3v) is 5.70. The number of hydrogen-bond donors (Lipinski definition) is 1. The molecule has 0 spiro atoms. The Balaban J connectivity index is 1.74. The number of carbonyl (C=O) groups excluding carboxylic acids is 1. The summed E-state index contributed by atoms with van der Waals surface area (Å²) in [7, 11) is 0. The molecule has 1 aliphatic heterocycles. The van der Waals surface area contributed by atoms with E-state index < -0.39 is 0 Å². The van der Waals surface area contributed by atoms with Crippen molar-refractivity contribution in [2.24, 2.45) is 4.99 Å². The summed E-state index contributed by atoms with van der Waals surface area (Å²) < 4.78 is 1.05. The first-order chi connectivity index (χ1) is 9.20. The van der Waals surface area contributed by atoms with Crippen LogP contribution in [0, 0.1) is 0 Å². The van der Waals surface area contributed by atoms with Gasteiger partial charge in [0, 0.05) is 14.7 Å². The van der Waals surface area contributed by atoms with Gasteiger partial charge in [-0.05, 0) is 52.7 Å². The number of hydrogen-bond acceptors (Lipinski definition) is 4. The fourth-order valence-corrected chi connectivity index (χ4v) is 4.55. The Bertz CT molecular complexity index is 559. The Morgan fingerprint density at radius 1 is 1.42 bits per heavy atom. The summed E-state index contributed by atoms with van der Waals surface area (Å²) in [6.45, 7) is 0. The molecule has 1 amide bonds. The lowest BCUT2D eigenvalue weighted by molar-refractivity contribution is -0.115. The highest BCUT2D eigenvalue weighted by Gasteiger charge is 2.25. The van der Waals surface area contributed by atoms with Crippen molar-refractivity contribution in [2.75, 3.05) is 0 Å². The molecule has 2 fully saturated rings. The van der Waals surface area contributed by atoms with E-state index in [9.17, 15) is 4.79 Å². The number of amides is 1. The zero-order valence-corrected chi connectivity index (χ0v) is 13.4. The molecule has 19 heavy (non-hydrogen) atoms.